The lowest BCUT2D eigenvalue weighted by atomic mass is 10.1. The van der Waals surface area contributed by atoms with Gasteiger partial charge in [0.05, 0.1) is 19.8 Å². The minimum atomic E-state index is 0.0371. The first-order valence-electron chi connectivity index (χ1n) is 7.15. The molecule has 0 aromatic rings. The van der Waals surface area contributed by atoms with Gasteiger partial charge >= 0.3 is 0 Å². The number of hydrogen-bond donors (Lipinski definition) is 1. The average molecular weight is 259 g/mol. The zero-order valence-corrected chi connectivity index (χ0v) is 12.0. The van der Waals surface area contributed by atoms with Crippen LogP contribution in [0.15, 0.2) is 0 Å². The van der Waals surface area contributed by atoms with Crippen LogP contribution >= 0.6 is 0 Å². The normalized spacial score (nSPS) is 10.6. The number of rotatable bonds is 12. The number of nitrogens with zero attached hydrogens (tertiary/aromatic N) is 1. The molecule has 18 heavy (non-hydrogen) atoms. The molecule has 0 bridgehead atoms. The lowest BCUT2D eigenvalue weighted by molar-refractivity contribution is -0.130. The molecular weight excluding hydrogens is 230 g/mol. The van der Waals surface area contributed by atoms with Gasteiger partial charge in [0.15, 0.2) is 0 Å². The summed E-state index contributed by atoms with van der Waals surface area (Å²) in [6, 6.07) is 0. The SMILES string of the molecule is CCCCCCCCC(=O)N(C)CCOCCO. The fraction of sp³-hybridized carbons (Fsp3) is 0.929. The molecule has 0 fully saturated rings. The molecule has 4 heteroatoms. The van der Waals surface area contributed by atoms with E-state index in [1.54, 1.807) is 4.90 Å². The minimum Gasteiger partial charge on any atom is -0.394 e. The highest BCUT2D eigenvalue weighted by molar-refractivity contribution is 5.75. The molecule has 0 atom stereocenters. The zero-order chi connectivity index (χ0) is 13.6. The fourth-order valence-electron chi connectivity index (χ4n) is 1.74. The van der Waals surface area contributed by atoms with Crippen LogP contribution in [0.4, 0.5) is 0 Å². The molecule has 0 unspecified atom stereocenters. The zero-order valence-electron chi connectivity index (χ0n) is 12.0. The molecule has 0 rings (SSSR count). The van der Waals surface area contributed by atoms with Crippen molar-refractivity contribution >= 4 is 5.91 Å². The highest BCUT2D eigenvalue weighted by Crippen LogP contribution is 2.07. The lowest BCUT2D eigenvalue weighted by Crippen LogP contribution is -2.30. The van der Waals surface area contributed by atoms with Gasteiger partial charge in [0.2, 0.25) is 5.91 Å². The Kier molecular flexibility index (Phi) is 12.4. The van der Waals surface area contributed by atoms with E-state index in [0.29, 0.717) is 26.2 Å². The van der Waals surface area contributed by atoms with E-state index in [-0.39, 0.29) is 12.5 Å². The predicted molar refractivity (Wildman–Crippen MR) is 73.5 cm³/mol. The van der Waals surface area contributed by atoms with Gasteiger partial charge in [-0.3, -0.25) is 4.79 Å². The minimum absolute atomic E-state index is 0.0371. The van der Waals surface area contributed by atoms with Crippen molar-refractivity contribution in [3.63, 3.8) is 0 Å². The summed E-state index contributed by atoms with van der Waals surface area (Å²) < 4.78 is 5.13. The maximum atomic E-state index is 11.7. The van der Waals surface area contributed by atoms with Crippen LogP contribution in [0.3, 0.4) is 0 Å². The monoisotopic (exact) mass is 259 g/mol. The second-order valence-electron chi connectivity index (χ2n) is 4.67. The van der Waals surface area contributed by atoms with E-state index in [0.717, 1.165) is 12.8 Å². The molecule has 0 aliphatic heterocycles. The Hall–Kier alpha value is -0.610. The molecule has 1 amide bonds. The number of carbonyl (C=O) groups excluding carboxylic acids is 1. The third-order valence-corrected chi connectivity index (χ3v) is 2.98. The molecule has 0 saturated carbocycles. The summed E-state index contributed by atoms with van der Waals surface area (Å²) in [6.45, 7) is 3.69. The van der Waals surface area contributed by atoms with E-state index in [9.17, 15) is 4.79 Å². The second kappa shape index (κ2) is 12.8. The van der Waals surface area contributed by atoms with E-state index < -0.39 is 0 Å². The van der Waals surface area contributed by atoms with Gasteiger partial charge in [-0.15, -0.1) is 0 Å². The molecule has 108 valence electrons. The summed E-state index contributed by atoms with van der Waals surface area (Å²) in [5.74, 6) is 0.193. The fourth-order valence-corrected chi connectivity index (χ4v) is 1.74. The van der Waals surface area contributed by atoms with Gasteiger partial charge in [0.1, 0.15) is 0 Å². The average Bonchev–Trinajstić information content (AvgIpc) is 2.38. The first kappa shape index (κ1) is 17.4. The molecule has 0 aromatic carbocycles. The number of carbonyl (C=O) groups is 1. The summed E-state index contributed by atoms with van der Waals surface area (Å²) >= 11 is 0. The molecular formula is C14H29NO3. The van der Waals surface area contributed by atoms with Crippen molar-refractivity contribution in [2.45, 2.75) is 51.9 Å². The Morgan fingerprint density at radius 3 is 2.44 bits per heavy atom. The van der Waals surface area contributed by atoms with Crippen molar-refractivity contribution < 1.29 is 14.6 Å². The first-order valence-corrected chi connectivity index (χ1v) is 7.15. The van der Waals surface area contributed by atoms with Crippen LogP contribution in [-0.4, -0.2) is 49.3 Å². The summed E-state index contributed by atoms with van der Waals surface area (Å²) in [7, 11) is 1.81. The third-order valence-electron chi connectivity index (χ3n) is 2.98. The maximum Gasteiger partial charge on any atom is 0.222 e. The molecule has 0 heterocycles. The van der Waals surface area contributed by atoms with Crippen LogP contribution in [0.1, 0.15) is 51.9 Å². The van der Waals surface area contributed by atoms with E-state index in [1.165, 1.54) is 25.7 Å². The van der Waals surface area contributed by atoms with Gasteiger partial charge in [-0.05, 0) is 6.42 Å². The number of aliphatic hydroxyl groups is 1. The van der Waals surface area contributed by atoms with Crippen molar-refractivity contribution in [1.29, 1.82) is 0 Å². The Bertz CT molecular complexity index is 197. The van der Waals surface area contributed by atoms with Crippen molar-refractivity contribution in [2.75, 3.05) is 33.4 Å². The van der Waals surface area contributed by atoms with Crippen LogP contribution in [-0.2, 0) is 9.53 Å². The first-order chi connectivity index (χ1) is 8.72. The van der Waals surface area contributed by atoms with Gasteiger partial charge in [0, 0.05) is 20.0 Å². The Balaban J connectivity index is 3.38. The largest absolute Gasteiger partial charge is 0.394 e. The molecule has 0 saturated heterocycles. The van der Waals surface area contributed by atoms with Gasteiger partial charge < -0.3 is 14.7 Å². The molecule has 0 aliphatic carbocycles. The second-order valence-corrected chi connectivity index (χ2v) is 4.67. The van der Waals surface area contributed by atoms with Crippen molar-refractivity contribution in [2.24, 2.45) is 0 Å². The Morgan fingerprint density at radius 1 is 1.11 bits per heavy atom. The molecule has 0 aliphatic rings. The van der Waals surface area contributed by atoms with Crippen molar-refractivity contribution in [3.8, 4) is 0 Å². The summed E-state index contributed by atoms with van der Waals surface area (Å²) in [6.07, 6.45) is 7.87. The van der Waals surface area contributed by atoms with Crippen LogP contribution in [0.5, 0.6) is 0 Å². The molecule has 0 radical (unpaired) electrons. The predicted octanol–water partition coefficient (Wildman–Crippen LogP) is 2.20. The van der Waals surface area contributed by atoms with Crippen LogP contribution in [0.25, 0.3) is 0 Å². The van der Waals surface area contributed by atoms with Crippen molar-refractivity contribution in [3.05, 3.63) is 0 Å². The highest BCUT2D eigenvalue weighted by Gasteiger charge is 2.07. The Labute approximate surface area is 111 Å². The van der Waals surface area contributed by atoms with Gasteiger partial charge in [-0.25, -0.2) is 0 Å². The number of amides is 1. The number of aliphatic hydroxyl groups excluding tert-OH is 1. The molecule has 0 spiro atoms. The summed E-state index contributed by atoms with van der Waals surface area (Å²) in [4.78, 5) is 13.4. The van der Waals surface area contributed by atoms with Crippen LogP contribution in [0, 0.1) is 0 Å². The summed E-state index contributed by atoms with van der Waals surface area (Å²) in [5.41, 5.74) is 0. The lowest BCUT2D eigenvalue weighted by Gasteiger charge is -2.16. The van der Waals surface area contributed by atoms with Crippen LogP contribution < -0.4 is 0 Å². The van der Waals surface area contributed by atoms with Gasteiger partial charge in [-0.1, -0.05) is 39.0 Å². The Morgan fingerprint density at radius 2 is 1.78 bits per heavy atom. The quantitative estimate of drug-likeness (QED) is 0.547. The van der Waals surface area contributed by atoms with E-state index in [1.807, 2.05) is 7.05 Å². The van der Waals surface area contributed by atoms with Crippen molar-refractivity contribution in [1.82, 2.24) is 4.90 Å². The van der Waals surface area contributed by atoms with Gasteiger partial charge in [0.25, 0.3) is 0 Å². The highest BCUT2D eigenvalue weighted by atomic mass is 16.5. The number of hydrogen-bond acceptors (Lipinski definition) is 3. The smallest absolute Gasteiger partial charge is 0.222 e. The van der Waals surface area contributed by atoms with E-state index in [4.69, 9.17) is 9.84 Å². The summed E-state index contributed by atoms with van der Waals surface area (Å²) in [5, 5.41) is 8.54. The third kappa shape index (κ3) is 10.5. The van der Waals surface area contributed by atoms with Crippen LogP contribution in [0.2, 0.25) is 0 Å². The molecule has 4 nitrogen and oxygen atoms in total. The van der Waals surface area contributed by atoms with E-state index in [2.05, 4.69) is 6.92 Å². The standard InChI is InChI=1S/C14H29NO3/c1-3-4-5-6-7-8-9-14(17)15(2)10-12-18-13-11-16/h16H,3-13H2,1-2H3. The number of likely N-dealkylation sites (N-methyl/N-ethyl adjacent to an activating group) is 1. The molecule has 0 aromatic heterocycles. The van der Waals surface area contributed by atoms with Gasteiger partial charge in [-0.2, -0.15) is 0 Å². The number of ether oxygens (including phenoxy) is 1. The van der Waals surface area contributed by atoms with E-state index >= 15 is 0 Å². The molecule has 1 N–H and O–H groups in total. The number of unbranched alkanes of at least 4 members (excludes halogenated alkanes) is 5. The topological polar surface area (TPSA) is 49.8 Å². The maximum absolute atomic E-state index is 11.7.